The molecule has 0 aliphatic heterocycles. The molecule has 3 nitrogen and oxygen atoms in total. The first-order valence-electron chi connectivity index (χ1n) is 5.23. The summed E-state index contributed by atoms with van der Waals surface area (Å²) in [4.78, 5) is 19.0. The molecular formula is C10H21O3PSi2. The molecule has 0 saturated heterocycles. The summed E-state index contributed by atoms with van der Waals surface area (Å²) < 4.78 is 11.0. The summed E-state index contributed by atoms with van der Waals surface area (Å²) in [5.74, 6) is 1.20. The van der Waals surface area contributed by atoms with E-state index >= 15 is 0 Å². The number of rotatable bonds is 5. The first kappa shape index (κ1) is 15.8. The maximum Gasteiger partial charge on any atom is 0.348 e. The van der Waals surface area contributed by atoms with Gasteiger partial charge in [0.05, 0.1) is 19.0 Å². The Morgan fingerprint density at radius 1 is 1.00 bits per heavy atom. The first-order valence-corrected chi connectivity index (χ1v) is 9.96. The van der Waals surface area contributed by atoms with Crippen LogP contribution in [0.15, 0.2) is 33.2 Å². The number of hydrogen-bond donors (Lipinski definition) is 2. The third kappa shape index (κ3) is 10.3. The fraction of sp³-hybridized carbons (Fsp3) is 0.400. The quantitative estimate of drug-likeness (QED) is 0.585. The van der Waals surface area contributed by atoms with Crippen LogP contribution in [0.3, 0.4) is 0 Å². The van der Waals surface area contributed by atoms with Gasteiger partial charge in [0.25, 0.3) is 0 Å². The molecule has 0 aromatic rings. The van der Waals surface area contributed by atoms with Crippen molar-refractivity contribution in [2.75, 3.05) is 0 Å². The van der Waals surface area contributed by atoms with E-state index in [1.165, 1.54) is 17.0 Å². The molecular weight excluding hydrogens is 255 g/mol. The Balaban J connectivity index is 4.78. The van der Waals surface area contributed by atoms with Crippen molar-refractivity contribution in [1.82, 2.24) is 0 Å². The van der Waals surface area contributed by atoms with Crippen LogP contribution in [0.2, 0.25) is 0 Å². The lowest BCUT2D eigenvalue weighted by atomic mass is 10.4. The molecule has 0 saturated carbocycles. The molecule has 0 amide bonds. The van der Waals surface area contributed by atoms with Gasteiger partial charge in [-0.1, -0.05) is 27.4 Å². The number of hydrogen-bond acceptors (Lipinski definition) is 1. The lowest BCUT2D eigenvalue weighted by Gasteiger charge is -2.03. The largest absolute Gasteiger partial charge is 0.348 e. The topological polar surface area (TPSA) is 57.5 Å². The van der Waals surface area contributed by atoms with Gasteiger partial charge in [0.1, 0.15) is 0 Å². The molecule has 92 valence electrons. The van der Waals surface area contributed by atoms with E-state index in [4.69, 9.17) is 9.79 Å². The minimum atomic E-state index is -3.99. The fourth-order valence-electron chi connectivity index (χ4n) is 1.10. The van der Waals surface area contributed by atoms with Gasteiger partial charge in [-0.3, -0.25) is 4.57 Å². The van der Waals surface area contributed by atoms with Gasteiger partial charge in [-0.25, -0.2) is 0 Å². The molecule has 6 heteroatoms. The monoisotopic (exact) mass is 276 g/mol. The summed E-state index contributed by atoms with van der Waals surface area (Å²) in [5, 5.41) is 0. The summed E-state index contributed by atoms with van der Waals surface area (Å²) in [5.41, 5.74) is 6.75. The van der Waals surface area contributed by atoms with Crippen molar-refractivity contribution in [3.8, 4) is 0 Å². The fourth-order valence-corrected chi connectivity index (χ4v) is 6.72. The van der Waals surface area contributed by atoms with E-state index < -0.39 is 26.6 Å². The van der Waals surface area contributed by atoms with Crippen LogP contribution >= 0.6 is 7.60 Å². The van der Waals surface area contributed by atoms with Crippen LogP contribution in [-0.2, 0) is 4.57 Å². The highest BCUT2D eigenvalue weighted by Crippen LogP contribution is 2.37. The Morgan fingerprint density at radius 3 is 1.62 bits per heavy atom. The van der Waals surface area contributed by atoms with Gasteiger partial charge in [-0.05, 0) is 27.7 Å². The van der Waals surface area contributed by atoms with Crippen molar-refractivity contribution in [2.45, 2.75) is 27.7 Å². The van der Waals surface area contributed by atoms with E-state index in [1.807, 2.05) is 27.7 Å². The molecule has 0 unspecified atom stereocenters. The van der Waals surface area contributed by atoms with Gasteiger partial charge in [0.15, 0.2) is 0 Å². The van der Waals surface area contributed by atoms with E-state index in [2.05, 4.69) is 11.4 Å². The van der Waals surface area contributed by atoms with Crippen LogP contribution in [0, 0.1) is 0 Å². The second kappa shape index (κ2) is 7.19. The minimum Gasteiger partial charge on any atom is -0.321 e. The maximum absolute atomic E-state index is 11.0. The van der Waals surface area contributed by atoms with Gasteiger partial charge in [0.2, 0.25) is 0 Å². The van der Waals surface area contributed by atoms with Crippen LogP contribution in [0.25, 0.3) is 0 Å². The zero-order valence-corrected chi connectivity index (χ0v) is 14.1. The predicted molar refractivity (Wildman–Crippen MR) is 76.1 cm³/mol. The van der Waals surface area contributed by atoms with Gasteiger partial charge in [-0.2, -0.15) is 0 Å². The smallest absolute Gasteiger partial charge is 0.321 e. The highest BCUT2D eigenvalue weighted by Gasteiger charge is 2.09. The summed E-state index contributed by atoms with van der Waals surface area (Å²) >= 11 is 0. The van der Waals surface area contributed by atoms with E-state index in [0.717, 1.165) is 4.82 Å². The Labute approximate surface area is 102 Å². The summed E-state index contributed by atoms with van der Waals surface area (Å²) in [6, 6.07) is 0. The van der Waals surface area contributed by atoms with E-state index in [1.54, 1.807) is 0 Å². The Morgan fingerprint density at radius 2 is 1.38 bits per heavy atom. The molecule has 0 aliphatic carbocycles. The van der Waals surface area contributed by atoms with Gasteiger partial charge >= 0.3 is 7.60 Å². The van der Waals surface area contributed by atoms with Crippen molar-refractivity contribution >= 4 is 26.6 Å². The van der Waals surface area contributed by atoms with Crippen LogP contribution in [0.5, 0.6) is 0 Å². The van der Waals surface area contributed by atoms with E-state index in [0.29, 0.717) is 0 Å². The van der Waals surface area contributed by atoms with Gasteiger partial charge in [0, 0.05) is 5.82 Å². The molecule has 0 atom stereocenters. The van der Waals surface area contributed by atoms with Crippen molar-refractivity contribution in [3.63, 3.8) is 0 Å². The molecule has 2 N–H and O–H groups in total. The average molecular weight is 276 g/mol. The first-order chi connectivity index (χ1) is 7.20. The summed E-state index contributed by atoms with van der Waals surface area (Å²) in [6.07, 6.45) is 0. The molecule has 0 aliphatic rings. The zero-order valence-electron chi connectivity index (χ0n) is 10.4. The SMILES string of the molecule is CC(C)=C[SiH2]C(=CP(=O)(O)O)[SiH2]C=C(C)C. The molecule has 16 heavy (non-hydrogen) atoms. The van der Waals surface area contributed by atoms with E-state index in [-0.39, 0.29) is 0 Å². The average Bonchev–Trinajstić information content (AvgIpc) is 2.07. The third-order valence-corrected chi connectivity index (χ3v) is 8.51. The van der Waals surface area contributed by atoms with Crippen molar-refractivity contribution < 1.29 is 14.4 Å². The number of allylic oxidation sites excluding steroid dienone is 2. The van der Waals surface area contributed by atoms with E-state index in [9.17, 15) is 4.57 Å². The summed E-state index contributed by atoms with van der Waals surface area (Å²) in [7, 11) is -5.23. The lowest BCUT2D eigenvalue weighted by Crippen LogP contribution is -2.02. The van der Waals surface area contributed by atoms with Crippen LogP contribution in [0.4, 0.5) is 0 Å². The normalized spacial score (nSPS) is 12.1. The summed E-state index contributed by atoms with van der Waals surface area (Å²) in [6.45, 7) is 8.07. The molecule has 0 radical (unpaired) electrons. The van der Waals surface area contributed by atoms with Crippen LogP contribution in [0.1, 0.15) is 27.7 Å². The maximum atomic E-state index is 11.0. The Bertz CT molecular complexity index is 336. The molecule has 0 spiro atoms. The minimum absolute atomic E-state index is 0.621. The third-order valence-electron chi connectivity index (χ3n) is 1.90. The Hall–Kier alpha value is -0.196. The second-order valence-corrected chi connectivity index (χ2v) is 10.2. The molecule has 0 fully saturated rings. The van der Waals surface area contributed by atoms with Crippen molar-refractivity contribution in [2.24, 2.45) is 0 Å². The second-order valence-electron chi connectivity index (χ2n) is 4.35. The highest BCUT2D eigenvalue weighted by atomic mass is 31.2. The Kier molecular flexibility index (Phi) is 7.10. The van der Waals surface area contributed by atoms with Gasteiger partial charge < -0.3 is 9.79 Å². The van der Waals surface area contributed by atoms with Gasteiger partial charge in [-0.15, -0.1) is 0 Å². The van der Waals surface area contributed by atoms with Crippen molar-refractivity contribution in [3.05, 3.63) is 33.2 Å². The molecule has 0 bridgehead atoms. The molecule has 0 aromatic heterocycles. The van der Waals surface area contributed by atoms with Crippen molar-refractivity contribution in [1.29, 1.82) is 0 Å². The standard InChI is InChI=1S/C10H21O3PSi2/c1-8(2)6-15-10(5-14(11,12)13)16-7-9(3)4/h5-7H,15-16H2,1-4H3,(H2,11,12,13). The molecule has 0 aromatic carbocycles. The molecule has 0 rings (SSSR count). The zero-order chi connectivity index (χ0) is 12.8. The van der Waals surface area contributed by atoms with Crippen LogP contribution < -0.4 is 0 Å². The van der Waals surface area contributed by atoms with Crippen LogP contribution in [-0.4, -0.2) is 28.8 Å². The highest BCUT2D eigenvalue weighted by molar-refractivity contribution is 7.55. The predicted octanol–water partition coefficient (Wildman–Crippen LogP) is 1.15. The lowest BCUT2D eigenvalue weighted by molar-refractivity contribution is 0.386. The molecule has 0 heterocycles.